The third-order valence-electron chi connectivity index (χ3n) is 10.3. The lowest BCUT2D eigenvalue weighted by Gasteiger charge is -2.29. The smallest absolute Gasteiger partial charge is 0.268 e. The molecule has 1 amide bonds. The number of carbonyl (C=O) groups excluding carboxylic acids is 1. The van der Waals surface area contributed by atoms with Gasteiger partial charge in [-0.25, -0.2) is 0 Å². The Labute approximate surface area is 334 Å². The Morgan fingerprint density at radius 1 is 0.685 bits per heavy atom. The summed E-state index contributed by atoms with van der Waals surface area (Å²) in [5, 5.41) is 24.2. The Bertz CT molecular complexity index is 927. The largest absolute Gasteiger partial charge is 0.756 e. The van der Waals surface area contributed by atoms with Crippen molar-refractivity contribution < 1.29 is 38.0 Å². The highest BCUT2D eigenvalue weighted by Crippen LogP contribution is 2.38. The fourth-order valence-electron chi connectivity index (χ4n) is 6.58. The van der Waals surface area contributed by atoms with Crippen LogP contribution >= 0.6 is 7.82 Å². The van der Waals surface area contributed by atoms with Gasteiger partial charge >= 0.3 is 0 Å². The van der Waals surface area contributed by atoms with E-state index in [2.05, 4.69) is 26.1 Å². The first-order chi connectivity index (χ1) is 25.8. The highest BCUT2D eigenvalue weighted by molar-refractivity contribution is 7.45. The summed E-state index contributed by atoms with van der Waals surface area (Å²) in [5.41, 5.74) is 0. The van der Waals surface area contributed by atoms with E-state index < -0.39 is 38.6 Å². The fourth-order valence-corrected chi connectivity index (χ4v) is 7.30. The van der Waals surface area contributed by atoms with Crippen molar-refractivity contribution in [1.29, 1.82) is 0 Å². The third-order valence-corrected chi connectivity index (χ3v) is 11.2. The number of quaternary nitrogens is 1. The topological polar surface area (TPSA) is 128 Å². The summed E-state index contributed by atoms with van der Waals surface area (Å²) < 4.78 is 23.1. The molecule has 0 aromatic carbocycles. The van der Waals surface area contributed by atoms with Crippen molar-refractivity contribution in [1.82, 2.24) is 5.32 Å². The number of phosphoric acid groups is 1. The van der Waals surface area contributed by atoms with Crippen LogP contribution in [0.2, 0.25) is 0 Å². The molecule has 54 heavy (non-hydrogen) atoms. The predicted octanol–water partition coefficient (Wildman–Crippen LogP) is 10.6. The first kappa shape index (κ1) is 53.2. The van der Waals surface area contributed by atoms with Crippen LogP contribution in [0, 0.1) is 5.92 Å². The number of rotatable bonds is 40. The van der Waals surface area contributed by atoms with Crippen LogP contribution in [0.15, 0.2) is 12.2 Å². The summed E-state index contributed by atoms with van der Waals surface area (Å²) in [5.74, 6) is 0.138. The fraction of sp³-hybridized carbons (Fsp3) is 0.932. The molecule has 0 aromatic heterocycles. The number of allylic oxidation sites excluding steroid dienone is 1. The van der Waals surface area contributed by atoms with Crippen LogP contribution in [0.5, 0.6) is 0 Å². The minimum absolute atomic E-state index is 0.0418. The number of aliphatic hydroxyl groups is 2. The second-order valence-electron chi connectivity index (χ2n) is 17.4. The molecular formula is C44H89N2O7P. The van der Waals surface area contributed by atoms with Crippen molar-refractivity contribution in [2.24, 2.45) is 5.92 Å². The summed E-state index contributed by atoms with van der Waals surface area (Å²) >= 11 is 0. The summed E-state index contributed by atoms with van der Waals surface area (Å²) in [6.45, 7) is 6.74. The lowest BCUT2D eigenvalue weighted by atomic mass is 10.0. The van der Waals surface area contributed by atoms with Gasteiger partial charge in [0.25, 0.3) is 7.82 Å². The van der Waals surface area contributed by atoms with E-state index in [4.69, 9.17) is 9.05 Å². The molecule has 322 valence electrons. The van der Waals surface area contributed by atoms with Gasteiger partial charge in [0.2, 0.25) is 5.91 Å². The van der Waals surface area contributed by atoms with Gasteiger partial charge in [-0.1, -0.05) is 193 Å². The number of amides is 1. The first-order valence-electron chi connectivity index (χ1n) is 22.5. The number of likely N-dealkylation sites (N-methyl/N-ethyl adjacent to an activating group) is 1. The first-order valence-corrected chi connectivity index (χ1v) is 24.0. The molecule has 2 unspecified atom stereocenters. The molecule has 0 radical (unpaired) electrons. The number of nitrogens with one attached hydrogen (secondary N) is 1. The Morgan fingerprint density at radius 2 is 1.11 bits per heavy atom. The van der Waals surface area contributed by atoms with Crippen LogP contribution in [-0.2, 0) is 18.4 Å². The number of aliphatic hydroxyl groups excluding tert-OH is 2. The molecule has 0 aliphatic rings. The molecule has 0 fully saturated rings. The minimum Gasteiger partial charge on any atom is -0.756 e. The molecule has 0 heterocycles. The number of hydrogen-bond acceptors (Lipinski definition) is 7. The molecule has 0 saturated carbocycles. The third kappa shape index (κ3) is 36.8. The van der Waals surface area contributed by atoms with Gasteiger partial charge in [-0.05, 0) is 25.2 Å². The van der Waals surface area contributed by atoms with Crippen molar-refractivity contribution in [3.05, 3.63) is 12.2 Å². The van der Waals surface area contributed by atoms with E-state index in [1.54, 1.807) is 6.08 Å². The van der Waals surface area contributed by atoms with E-state index in [1.807, 2.05) is 27.2 Å². The van der Waals surface area contributed by atoms with Gasteiger partial charge in [0.1, 0.15) is 19.3 Å². The Hall–Kier alpha value is -0.800. The normalized spacial score (nSPS) is 15.1. The Kier molecular flexibility index (Phi) is 34.8. The van der Waals surface area contributed by atoms with E-state index in [1.165, 1.54) is 135 Å². The van der Waals surface area contributed by atoms with E-state index in [0.717, 1.165) is 44.4 Å². The molecule has 9 nitrogen and oxygen atoms in total. The lowest BCUT2D eigenvalue weighted by molar-refractivity contribution is -0.870. The van der Waals surface area contributed by atoms with Gasteiger partial charge in [0.15, 0.2) is 0 Å². The molecule has 4 atom stereocenters. The number of phosphoric ester groups is 1. The van der Waals surface area contributed by atoms with Crippen molar-refractivity contribution in [2.75, 3.05) is 40.9 Å². The standard InChI is InChI=1S/C44H89N2O7P/c1-7-8-9-10-11-12-13-14-15-16-17-18-19-20-23-27-30-33-36-43(48)44(49)45-41(39-53-54(50,51)52-38-37-46(4,5)6)42(47)35-32-29-26-24-21-22-25-28-31-34-40(2)3/h32,35,40-43,47-48H,7-31,33-34,36-39H2,1-6H3,(H-,45,49,50,51)/b35-32+/t41-,42+,43?/m0/s1. The zero-order valence-electron chi connectivity index (χ0n) is 36.2. The van der Waals surface area contributed by atoms with Crippen LogP contribution in [-0.4, -0.2) is 79.8 Å². The molecule has 0 aliphatic heterocycles. The van der Waals surface area contributed by atoms with Gasteiger partial charge in [0, 0.05) is 0 Å². The molecule has 0 saturated heterocycles. The summed E-state index contributed by atoms with van der Waals surface area (Å²) in [4.78, 5) is 25.4. The maximum Gasteiger partial charge on any atom is 0.268 e. The van der Waals surface area contributed by atoms with Crippen molar-refractivity contribution >= 4 is 13.7 Å². The number of hydrogen-bond donors (Lipinski definition) is 3. The highest BCUT2D eigenvalue weighted by Gasteiger charge is 2.25. The minimum atomic E-state index is -4.66. The maximum absolute atomic E-state index is 12.9. The second kappa shape index (κ2) is 35.4. The predicted molar refractivity (Wildman–Crippen MR) is 225 cm³/mol. The molecular weight excluding hydrogens is 699 g/mol. The molecule has 0 aliphatic carbocycles. The van der Waals surface area contributed by atoms with Crippen molar-refractivity contribution in [3.63, 3.8) is 0 Å². The van der Waals surface area contributed by atoms with E-state index in [9.17, 15) is 24.5 Å². The average molecular weight is 789 g/mol. The molecule has 3 N–H and O–H groups in total. The zero-order chi connectivity index (χ0) is 40.3. The summed E-state index contributed by atoms with van der Waals surface area (Å²) in [6.07, 6.45) is 34.8. The molecule has 0 spiro atoms. The van der Waals surface area contributed by atoms with Crippen LogP contribution < -0.4 is 10.2 Å². The van der Waals surface area contributed by atoms with Gasteiger partial charge < -0.3 is 34.0 Å². The SMILES string of the molecule is CCCCCCCCCCCCCCCCCCCCC(O)C(=O)N[C@@H](COP(=O)([O-])OCC[N+](C)(C)C)[C@H](O)/C=C/CCCCCCCCCC(C)C. The Morgan fingerprint density at radius 3 is 1.56 bits per heavy atom. The van der Waals surface area contributed by atoms with Crippen molar-refractivity contribution in [3.8, 4) is 0 Å². The second-order valence-corrected chi connectivity index (χ2v) is 18.8. The van der Waals surface area contributed by atoms with Crippen LogP contribution in [0.25, 0.3) is 0 Å². The van der Waals surface area contributed by atoms with E-state index in [-0.39, 0.29) is 6.61 Å². The molecule has 0 rings (SSSR count). The van der Waals surface area contributed by atoms with Gasteiger partial charge in [0.05, 0.1) is 39.9 Å². The van der Waals surface area contributed by atoms with E-state index >= 15 is 0 Å². The van der Waals surface area contributed by atoms with Gasteiger partial charge in [-0.15, -0.1) is 0 Å². The Balaban J connectivity index is 4.46. The molecule has 0 bridgehead atoms. The van der Waals surface area contributed by atoms with E-state index in [0.29, 0.717) is 17.4 Å². The van der Waals surface area contributed by atoms with Crippen LogP contribution in [0.1, 0.15) is 201 Å². The monoisotopic (exact) mass is 789 g/mol. The number of unbranched alkanes of at least 4 members (excludes halogenated alkanes) is 24. The van der Waals surface area contributed by atoms with Gasteiger partial charge in [-0.2, -0.15) is 0 Å². The highest BCUT2D eigenvalue weighted by atomic mass is 31.2. The number of nitrogens with zero attached hydrogens (tertiary/aromatic N) is 1. The summed E-state index contributed by atoms with van der Waals surface area (Å²) in [6, 6.07) is -1.06. The maximum atomic E-state index is 12.9. The summed E-state index contributed by atoms with van der Waals surface area (Å²) in [7, 11) is 1.12. The molecule has 10 heteroatoms. The van der Waals surface area contributed by atoms with Crippen LogP contribution in [0.4, 0.5) is 0 Å². The zero-order valence-corrected chi connectivity index (χ0v) is 37.1. The van der Waals surface area contributed by atoms with Crippen molar-refractivity contribution in [2.45, 2.75) is 219 Å². The quantitative estimate of drug-likeness (QED) is 0.0244. The molecule has 0 aromatic rings. The lowest BCUT2D eigenvalue weighted by Crippen LogP contribution is -2.49. The van der Waals surface area contributed by atoms with Gasteiger partial charge in [-0.3, -0.25) is 9.36 Å². The average Bonchev–Trinajstić information content (AvgIpc) is 3.10. The number of carbonyl (C=O) groups is 1. The van der Waals surface area contributed by atoms with Crippen LogP contribution in [0.3, 0.4) is 0 Å².